The summed E-state index contributed by atoms with van der Waals surface area (Å²) in [6, 6.07) is -0.905. The van der Waals surface area contributed by atoms with Crippen LogP contribution in [0.2, 0.25) is 0 Å². The minimum Gasteiger partial charge on any atom is -0.355 e. The second kappa shape index (κ2) is 3.22. The summed E-state index contributed by atoms with van der Waals surface area (Å²) in [5.41, 5.74) is 5.51. The number of hydrogen-bond acceptors (Lipinski definition) is 4. The average Bonchev–Trinajstić information content (AvgIpc) is 2.03. The Morgan fingerprint density at radius 3 is 2.46 bits per heavy atom. The number of rotatable bonds is 2. The average molecular weight is 205 g/mol. The van der Waals surface area contributed by atoms with Gasteiger partial charge in [-0.1, -0.05) is 18.2 Å². The molecule has 0 amide bonds. The van der Waals surface area contributed by atoms with Crippen LogP contribution in [0.3, 0.4) is 0 Å². The Morgan fingerprint density at radius 2 is 2.15 bits per heavy atom. The lowest BCUT2D eigenvalue weighted by Crippen LogP contribution is -2.53. The molecule has 1 rings (SSSR count). The van der Waals surface area contributed by atoms with Crippen molar-refractivity contribution in [1.29, 1.82) is 0 Å². The SMILES string of the molecule is COC1(S(=O)(=O)O)C=CC=CC1N. The molecule has 0 saturated heterocycles. The fourth-order valence-electron chi connectivity index (χ4n) is 1.19. The van der Waals surface area contributed by atoms with Crippen molar-refractivity contribution in [2.24, 2.45) is 5.73 Å². The molecule has 0 aromatic carbocycles. The number of ether oxygens (including phenoxy) is 1. The van der Waals surface area contributed by atoms with Gasteiger partial charge < -0.3 is 10.5 Å². The zero-order valence-corrected chi connectivity index (χ0v) is 7.86. The minimum absolute atomic E-state index is 0.905. The Balaban J connectivity index is 3.22. The van der Waals surface area contributed by atoms with E-state index in [1.807, 2.05) is 0 Å². The molecule has 0 aromatic rings. The van der Waals surface area contributed by atoms with E-state index in [1.165, 1.54) is 25.3 Å². The molecule has 13 heavy (non-hydrogen) atoms. The van der Waals surface area contributed by atoms with Gasteiger partial charge in [-0.25, -0.2) is 0 Å². The van der Waals surface area contributed by atoms with Crippen molar-refractivity contribution in [3.63, 3.8) is 0 Å². The van der Waals surface area contributed by atoms with Crippen molar-refractivity contribution in [1.82, 2.24) is 0 Å². The zero-order chi connectivity index (χ0) is 10.1. The fourth-order valence-corrected chi connectivity index (χ4v) is 2.07. The summed E-state index contributed by atoms with van der Waals surface area (Å²) in [6.45, 7) is 0. The Labute approximate surface area is 76.6 Å². The van der Waals surface area contributed by atoms with Gasteiger partial charge >= 0.3 is 10.1 Å². The van der Waals surface area contributed by atoms with Crippen LogP contribution < -0.4 is 5.73 Å². The number of allylic oxidation sites excluding steroid dienone is 2. The molecule has 5 nitrogen and oxygen atoms in total. The summed E-state index contributed by atoms with van der Waals surface area (Å²) in [7, 11) is -3.19. The first kappa shape index (κ1) is 10.4. The van der Waals surface area contributed by atoms with Gasteiger partial charge in [0.05, 0.1) is 6.04 Å². The van der Waals surface area contributed by atoms with E-state index in [0.717, 1.165) is 0 Å². The zero-order valence-electron chi connectivity index (χ0n) is 7.04. The highest BCUT2D eigenvalue weighted by Crippen LogP contribution is 2.26. The Hall–Kier alpha value is -0.690. The van der Waals surface area contributed by atoms with E-state index in [0.29, 0.717) is 0 Å². The highest BCUT2D eigenvalue weighted by Gasteiger charge is 2.46. The van der Waals surface area contributed by atoms with E-state index in [4.69, 9.17) is 15.0 Å². The lowest BCUT2D eigenvalue weighted by atomic mass is 10.1. The molecule has 0 spiro atoms. The van der Waals surface area contributed by atoms with Crippen LogP contribution in [0.1, 0.15) is 0 Å². The van der Waals surface area contributed by atoms with Crippen molar-refractivity contribution < 1.29 is 17.7 Å². The van der Waals surface area contributed by atoms with Crippen molar-refractivity contribution in [3.8, 4) is 0 Å². The fraction of sp³-hybridized carbons (Fsp3) is 0.429. The molecule has 6 heteroatoms. The summed E-state index contributed by atoms with van der Waals surface area (Å²) in [5.74, 6) is 0. The van der Waals surface area contributed by atoms with Crippen molar-refractivity contribution >= 4 is 10.1 Å². The lowest BCUT2D eigenvalue weighted by molar-refractivity contribution is 0.0816. The van der Waals surface area contributed by atoms with Crippen molar-refractivity contribution in [2.75, 3.05) is 7.11 Å². The first-order valence-corrected chi connectivity index (χ1v) is 5.02. The van der Waals surface area contributed by atoms with Gasteiger partial charge in [0.2, 0.25) is 4.93 Å². The molecule has 0 heterocycles. The second-order valence-corrected chi connectivity index (χ2v) is 4.26. The van der Waals surface area contributed by atoms with Crippen LogP contribution in [0, 0.1) is 0 Å². The van der Waals surface area contributed by atoms with Crippen LogP contribution in [0.4, 0.5) is 0 Å². The van der Waals surface area contributed by atoms with Gasteiger partial charge in [-0.2, -0.15) is 8.42 Å². The Morgan fingerprint density at radius 1 is 1.54 bits per heavy atom. The van der Waals surface area contributed by atoms with Gasteiger partial charge in [0.15, 0.2) is 0 Å². The molecule has 1 aliphatic carbocycles. The molecule has 1 aliphatic rings. The molecular weight excluding hydrogens is 194 g/mol. The highest BCUT2D eigenvalue weighted by molar-refractivity contribution is 7.87. The molecular formula is C7H11NO4S. The number of nitrogens with two attached hydrogens (primary N) is 1. The maximum atomic E-state index is 11.0. The first-order chi connectivity index (χ1) is 5.94. The summed E-state index contributed by atoms with van der Waals surface area (Å²) in [5, 5.41) is 0. The van der Waals surface area contributed by atoms with E-state index < -0.39 is 21.1 Å². The standard InChI is InChI=1S/C7H11NO4S/c1-12-7(13(9,10)11)5-3-2-4-6(7)8/h2-6H,8H2,1H3,(H,9,10,11). The van der Waals surface area contributed by atoms with E-state index in [1.54, 1.807) is 6.08 Å². The van der Waals surface area contributed by atoms with Crippen LogP contribution in [-0.4, -0.2) is 31.1 Å². The molecule has 0 fully saturated rings. The molecule has 74 valence electrons. The predicted octanol–water partition coefficient (Wildman–Crippen LogP) is -0.330. The lowest BCUT2D eigenvalue weighted by Gasteiger charge is -2.31. The highest BCUT2D eigenvalue weighted by atomic mass is 32.2. The third-order valence-electron chi connectivity index (χ3n) is 1.94. The molecule has 0 bridgehead atoms. The van der Waals surface area contributed by atoms with Gasteiger partial charge in [-0.05, 0) is 6.08 Å². The van der Waals surface area contributed by atoms with Crippen LogP contribution >= 0.6 is 0 Å². The second-order valence-electron chi connectivity index (χ2n) is 2.67. The molecule has 0 saturated carbocycles. The predicted molar refractivity (Wildman–Crippen MR) is 47.5 cm³/mol. The van der Waals surface area contributed by atoms with E-state index >= 15 is 0 Å². The monoisotopic (exact) mass is 205 g/mol. The molecule has 2 unspecified atom stereocenters. The van der Waals surface area contributed by atoms with E-state index in [9.17, 15) is 8.42 Å². The summed E-state index contributed by atoms with van der Waals surface area (Å²) in [6.07, 6.45) is 5.71. The van der Waals surface area contributed by atoms with Crippen LogP contribution in [0.25, 0.3) is 0 Å². The molecule has 2 atom stereocenters. The Kier molecular flexibility index (Phi) is 2.58. The Bertz CT molecular complexity index is 346. The maximum absolute atomic E-state index is 11.0. The largest absolute Gasteiger partial charge is 0.355 e. The van der Waals surface area contributed by atoms with Crippen LogP contribution in [0.5, 0.6) is 0 Å². The topological polar surface area (TPSA) is 89.6 Å². The van der Waals surface area contributed by atoms with Gasteiger partial charge in [-0.3, -0.25) is 4.55 Å². The molecule has 0 aromatic heterocycles. The quantitative estimate of drug-likeness (QED) is 0.602. The smallest absolute Gasteiger partial charge is 0.301 e. The first-order valence-electron chi connectivity index (χ1n) is 3.58. The molecule has 3 N–H and O–H groups in total. The maximum Gasteiger partial charge on any atom is 0.301 e. The summed E-state index contributed by atoms with van der Waals surface area (Å²) < 4.78 is 35.7. The van der Waals surface area contributed by atoms with E-state index in [-0.39, 0.29) is 0 Å². The molecule has 0 radical (unpaired) electrons. The van der Waals surface area contributed by atoms with Crippen molar-refractivity contribution in [2.45, 2.75) is 11.0 Å². The van der Waals surface area contributed by atoms with Crippen LogP contribution in [-0.2, 0) is 14.9 Å². The van der Waals surface area contributed by atoms with Gasteiger partial charge in [-0.15, -0.1) is 0 Å². The number of hydrogen-bond donors (Lipinski definition) is 2. The summed E-state index contributed by atoms with van der Waals surface area (Å²) >= 11 is 0. The third kappa shape index (κ3) is 1.53. The summed E-state index contributed by atoms with van der Waals surface area (Å²) in [4.78, 5) is -1.85. The van der Waals surface area contributed by atoms with Crippen LogP contribution in [0.15, 0.2) is 24.3 Å². The third-order valence-corrected chi connectivity index (χ3v) is 3.33. The van der Waals surface area contributed by atoms with Crippen molar-refractivity contribution in [3.05, 3.63) is 24.3 Å². The minimum atomic E-state index is -4.37. The van der Waals surface area contributed by atoms with E-state index in [2.05, 4.69) is 0 Å². The van der Waals surface area contributed by atoms with Gasteiger partial charge in [0, 0.05) is 7.11 Å². The van der Waals surface area contributed by atoms with Gasteiger partial charge in [0.1, 0.15) is 0 Å². The number of methoxy groups -OCH3 is 1. The normalized spacial score (nSPS) is 33.6. The van der Waals surface area contributed by atoms with Gasteiger partial charge in [0.25, 0.3) is 0 Å². The molecule has 0 aliphatic heterocycles.